The summed E-state index contributed by atoms with van der Waals surface area (Å²) in [6.07, 6.45) is 5.85. The maximum absolute atomic E-state index is 13.8. The Bertz CT molecular complexity index is 1060. The maximum atomic E-state index is 13.8. The lowest BCUT2D eigenvalue weighted by Gasteiger charge is -2.26. The van der Waals surface area contributed by atoms with Gasteiger partial charge in [-0.05, 0) is 73.1 Å². The molecule has 0 spiro atoms. The van der Waals surface area contributed by atoms with E-state index < -0.39 is 23.8 Å². The summed E-state index contributed by atoms with van der Waals surface area (Å²) in [6, 6.07) is 8.48. The minimum atomic E-state index is -0.993. The maximum Gasteiger partial charge on any atom is 0.220 e. The zero-order valence-electron chi connectivity index (χ0n) is 20.9. The third-order valence-corrected chi connectivity index (χ3v) is 6.95. The number of rotatable bonds is 15. The molecular weight excluding hydrogens is 542 g/mol. The van der Waals surface area contributed by atoms with Crippen molar-refractivity contribution in [2.75, 3.05) is 13.2 Å². The molecule has 3 rings (SSSR count). The van der Waals surface area contributed by atoms with Gasteiger partial charge in [-0.3, -0.25) is 4.79 Å². The van der Waals surface area contributed by atoms with E-state index in [-0.39, 0.29) is 31.0 Å². The predicted molar refractivity (Wildman–Crippen MR) is 145 cm³/mol. The second-order valence-electron chi connectivity index (χ2n) is 9.34. The Balaban J connectivity index is 1.69. The Morgan fingerprint density at radius 1 is 1.14 bits per heavy atom. The lowest BCUT2D eigenvalue weighted by Crippen LogP contribution is -2.49. The van der Waals surface area contributed by atoms with Crippen LogP contribution in [0.4, 0.5) is 8.78 Å². The van der Waals surface area contributed by atoms with Crippen molar-refractivity contribution in [1.82, 2.24) is 10.6 Å². The highest BCUT2D eigenvalue weighted by Crippen LogP contribution is 2.42. The monoisotopic (exact) mass is 576 g/mol. The van der Waals surface area contributed by atoms with Crippen molar-refractivity contribution in [2.45, 2.75) is 62.8 Å². The average Bonchev–Trinajstić information content (AvgIpc) is 3.19. The molecule has 5 nitrogen and oxygen atoms in total. The van der Waals surface area contributed by atoms with Gasteiger partial charge in [0.25, 0.3) is 0 Å². The van der Waals surface area contributed by atoms with Gasteiger partial charge < -0.3 is 20.5 Å². The van der Waals surface area contributed by atoms with Gasteiger partial charge in [-0.2, -0.15) is 0 Å². The summed E-state index contributed by atoms with van der Waals surface area (Å²) in [7, 11) is 0. The molecule has 1 amide bonds. The molecule has 2 aromatic rings. The van der Waals surface area contributed by atoms with Crippen LogP contribution in [0.3, 0.4) is 0 Å². The number of hydrogen-bond acceptors (Lipinski definition) is 4. The van der Waals surface area contributed by atoms with Crippen LogP contribution in [0, 0.1) is 11.6 Å². The predicted octanol–water partition coefficient (Wildman–Crippen LogP) is 5.84. The molecule has 2 aromatic carbocycles. The quantitative estimate of drug-likeness (QED) is 0.184. The fraction of sp³-hybridized carbons (Fsp3) is 0.414. The number of aliphatic hydroxyl groups excluding tert-OH is 1. The first-order valence-corrected chi connectivity index (χ1v) is 13.4. The first kappa shape index (κ1) is 29.2. The molecule has 0 aromatic heterocycles. The SMILES string of the molecule is C=CCCCCC(=O)N[C@@H](Cc1cc(F)cc(F)c1)[C@@H](O)CN[C@H]1C[C@@H](OCC=C)c2ccc(Br)cc21. The third kappa shape index (κ3) is 8.85. The Morgan fingerprint density at radius 3 is 2.59 bits per heavy atom. The van der Waals surface area contributed by atoms with E-state index in [4.69, 9.17) is 4.74 Å². The van der Waals surface area contributed by atoms with Crippen LogP contribution in [-0.4, -0.2) is 36.3 Å². The van der Waals surface area contributed by atoms with Crippen LogP contribution < -0.4 is 10.6 Å². The average molecular weight is 578 g/mol. The van der Waals surface area contributed by atoms with E-state index in [1.165, 1.54) is 12.1 Å². The molecule has 0 bridgehead atoms. The molecule has 0 saturated carbocycles. The summed E-state index contributed by atoms with van der Waals surface area (Å²) in [5, 5.41) is 17.4. The smallest absolute Gasteiger partial charge is 0.220 e. The van der Waals surface area contributed by atoms with Crippen LogP contribution in [0.5, 0.6) is 0 Å². The fourth-order valence-corrected chi connectivity index (χ4v) is 5.05. The highest BCUT2D eigenvalue weighted by Gasteiger charge is 2.32. The van der Waals surface area contributed by atoms with E-state index >= 15 is 0 Å². The van der Waals surface area contributed by atoms with Crippen molar-refractivity contribution in [3.8, 4) is 0 Å². The first-order valence-electron chi connectivity index (χ1n) is 12.6. The van der Waals surface area contributed by atoms with E-state index in [0.717, 1.165) is 34.5 Å². The lowest BCUT2D eigenvalue weighted by molar-refractivity contribution is -0.122. The highest BCUT2D eigenvalue weighted by molar-refractivity contribution is 9.10. The van der Waals surface area contributed by atoms with Crippen LogP contribution in [0.25, 0.3) is 0 Å². The fourth-order valence-electron chi connectivity index (χ4n) is 4.67. The van der Waals surface area contributed by atoms with Gasteiger partial charge in [-0.25, -0.2) is 8.78 Å². The van der Waals surface area contributed by atoms with E-state index in [2.05, 4.69) is 39.7 Å². The van der Waals surface area contributed by atoms with Crippen molar-refractivity contribution in [1.29, 1.82) is 0 Å². The summed E-state index contributed by atoms with van der Waals surface area (Å²) in [4.78, 5) is 12.6. The second kappa shape index (κ2) is 14.5. The first-order chi connectivity index (χ1) is 17.8. The van der Waals surface area contributed by atoms with Crippen molar-refractivity contribution >= 4 is 21.8 Å². The summed E-state index contributed by atoms with van der Waals surface area (Å²) in [5.74, 6) is -1.61. The number of halogens is 3. The van der Waals surface area contributed by atoms with Gasteiger partial charge in [-0.1, -0.05) is 34.1 Å². The summed E-state index contributed by atoms with van der Waals surface area (Å²) < 4.78 is 34.5. The Morgan fingerprint density at radius 2 is 1.89 bits per heavy atom. The van der Waals surface area contributed by atoms with Gasteiger partial charge in [-0.15, -0.1) is 13.2 Å². The molecule has 8 heteroatoms. The summed E-state index contributed by atoms with van der Waals surface area (Å²) in [6.45, 7) is 8.01. The molecule has 0 radical (unpaired) electrons. The van der Waals surface area contributed by atoms with Crippen LogP contribution in [-0.2, 0) is 16.0 Å². The minimum absolute atomic E-state index is 0.0705. The van der Waals surface area contributed by atoms with Crippen LogP contribution >= 0.6 is 15.9 Å². The number of aliphatic hydroxyl groups is 1. The topological polar surface area (TPSA) is 70.6 Å². The molecule has 0 fully saturated rings. The normalized spacial score (nSPS) is 18.2. The van der Waals surface area contributed by atoms with Crippen molar-refractivity contribution in [3.05, 3.63) is 94.5 Å². The number of nitrogens with one attached hydrogen (secondary N) is 2. The van der Waals surface area contributed by atoms with Gasteiger partial charge in [0.05, 0.1) is 24.9 Å². The Hall–Kier alpha value is -2.39. The molecule has 0 saturated heterocycles. The number of fused-ring (bicyclic) bond motifs is 1. The largest absolute Gasteiger partial charge is 0.390 e. The molecule has 0 heterocycles. The molecule has 3 N–H and O–H groups in total. The van der Waals surface area contributed by atoms with Crippen LogP contribution in [0.15, 0.2) is 66.2 Å². The van der Waals surface area contributed by atoms with E-state index in [9.17, 15) is 18.7 Å². The van der Waals surface area contributed by atoms with Gasteiger partial charge in [0.1, 0.15) is 11.6 Å². The number of carbonyl (C=O) groups excluding carboxylic acids is 1. The number of carbonyl (C=O) groups is 1. The number of unbranched alkanes of at least 4 members (excludes halogenated alkanes) is 2. The van der Waals surface area contributed by atoms with Crippen molar-refractivity contribution in [2.24, 2.45) is 0 Å². The minimum Gasteiger partial charge on any atom is -0.390 e. The zero-order valence-corrected chi connectivity index (χ0v) is 22.5. The molecular formula is C29H35BrF2N2O3. The Kier molecular flexibility index (Phi) is 11.4. The third-order valence-electron chi connectivity index (χ3n) is 6.46. The van der Waals surface area contributed by atoms with E-state index in [0.29, 0.717) is 31.4 Å². The van der Waals surface area contributed by atoms with Crippen molar-refractivity contribution in [3.63, 3.8) is 0 Å². The van der Waals surface area contributed by atoms with Gasteiger partial charge in [0.15, 0.2) is 0 Å². The molecule has 1 aliphatic carbocycles. The molecule has 0 aliphatic heterocycles. The van der Waals surface area contributed by atoms with Crippen LogP contribution in [0.2, 0.25) is 0 Å². The summed E-state index contributed by atoms with van der Waals surface area (Å²) >= 11 is 3.53. The number of allylic oxidation sites excluding steroid dienone is 1. The molecule has 200 valence electrons. The molecule has 0 unspecified atom stereocenters. The zero-order chi connectivity index (χ0) is 26.8. The molecule has 37 heavy (non-hydrogen) atoms. The Labute approximate surface area is 226 Å². The number of ether oxygens (including phenoxy) is 1. The molecule has 1 aliphatic rings. The number of hydrogen-bond donors (Lipinski definition) is 3. The van der Waals surface area contributed by atoms with E-state index in [1.807, 2.05) is 18.2 Å². The highest BCUT2D eigenvalue weighted by atomic mass is 79.9. The lowest BCUT2D eigenvalue weighted by atomic mass is 9.99. The van der Waals surface area contributed by atoms with E-state index in [1.54, 1.807) is 12.2 Å². The number of amides is 1. The second-order valence-corrected chi connectivity index (χ2v) is 10.3. The summed E-state index contributed by atoms with van der Waals surface area (Å²) in [5.41, 5.74) is 2.52. The van der Waals surface area contributed by atoms with Gasteiger partial charge in [0, 0.05) is 29.5 Å². The van der Waals surface area contributed by atoms with Gasteiger partial charge in [0.2, 0.25) is 5.91 Å². The van der Waals surface area contributed by atoms with Gasteiger partial charge >= 0.3 is 0 Å². The molecule has 4 atom stereocenters. The van der Waals surface area contributed by atoms with Crippen molar-refractivity contribution < 1.29 is 23.4 Å². The number of benzene rings is 2. The standard InChI is InChI=1S/C29H35BrF2N2O3/c1-3-5-6-7-8-29(36)34-26(14-19-12-21(31)16-22(32)13-19)27(35)18-33-25-17-28(37-11-4-2)23-10-9-20(30)15-24(23)25/h3-4,9-10,12-13,15-16,25-28,33,35H,1-2,5-8,11,14,17-18H2,(H,34,36)/t25-,26-,27-,28+/m0/s1. The van der Waals surface area contributed by atoms with Crippen LogP contribution in [0.1, 0.15) is 60.9 Å².